The van der Waals surface area contributed by atoms with Crippen molar-refractivity contribution < 1.29 is 9.66 Å². The van der Waals surface area contributed by atoms with Crippen LogP contribution in [0, 0.1) is 10.1 Å². The molecule has 4 N–H and O–H groups in total. The molecule has 1 atom stereocenters. The quantitative estimate of drug-likeness (QED) is 0.525. The van der Waals surface area contributed by atoms with Gasteiger partial charge in [0, 0.05) is 12.5 Å². The van der Waals surface area contributed by atoms with Gasteiger partial charge in [-0.1, -0.05) is 12.1 Å². The van der Waals surface area contributed by atoms with E-state index in [1.807, 2.05) is 24.3 Å². The van der Waals surface area contributed by atoms with Gasteiger partial charge in [0.1, 0.15) is 23.4 Å². The maximum absolute atomic E-state index is 11.2. The lowest BCUT2D eigenvalue weighted by molar-refractivity contribution is -0.415. The van der Waals surface area contributed by atoms with Gasteiger partial charge >= 0.3 is 5.70 Å². The van der Waals surface area contributed by atoms with Crippen LogP contribution in [0.15, 0.2) is 53.1 Å². The number of rotatable bonds is 5. The number of hydrogen-bond donors (Lipinski definition) is 3. The second-order valence-corrected chi connectivity index (χ2v) is 5.45. The number of nitrogens with zero attached hydrogens (tertiary/aromatic N) is 3. The van der Waals surface area contributed by atoms with Crippen LogP contribution in [-0.2, 0) is 6.42 Å². The maximum Gasteiger partial charge on any atom is 0.330 e. The Morgan fingerprint density at radius 3 is 2.75 bits per heavy atom. The molecule has 9 nitrogen and oxygen atoms in total. The summed E-state index contributed by atoms with van der Waals surface area (Å²) < 4.78 is 5.16. The Hall–Kier alpha value is -3.07. The number of nitrogens with one attached hydrogen (secondary N) is 2. The molecule has 2 aliphatic rings. The van der Waals surface area contributed by atoms with Gasteiger partial charge in [-0.2, -0.15) is 0 Å². The predicted molar refractivity (Wildman–Crippen MR) is 88.2 cm³/mol. The minimum atomic E-state index is -0.788. The molecule has 0 fully saturated rings. The number of hydrogen-bond acceptors (Lipinski definition) is 8. The van der Waals surface area contributed by atoms with Crippen LogP contribution in [0.1, 0.15) is 5.56 Å². The van der Waals surface area contributed by atoms with Crippen molar-refractivity contribution in [3.8, 4) is 5.75 Å². The molecule has 0 saturated carbocycles. The normalized spacial score (nSPS) is 22.1. The largest absolute Gasteiger partial charge is 0.497 e. The van der Waals surface area contributed by atoms with Gasteiger partial charge in [-0.05, 0) is 24.7 Å². The fraction of sp³-hybridized carbons (Fsp3) is 0.267. The summed E-state index contributed by atoms with van der Waals surface area (Å²) in [6.45, 7) is 0. The van der Waals surface area contributed by atoms with Gasteiger partial charge < -0.3 is 10.5 Å². The summed E-state index contributed by atoms with van der Waals surface area (Å²) in [5.74, 6) is 1.17. The zero-order chi connectivity index (χ0) is 17.3. The molecule has 3 rings (SSSR count). The highest BCUT2D eigenvalue weighted by Gasteiger charge is 2.46. The smallest absolute Gasteiger partial charge is 0.330 e. The number of benzene rings is 1. The van der Waals surface area contributed by atoms with E-state index < -0.39 is 10.6 Å². The third-order valence-electron chi connectivity index (χ3n) is 4.05. The number of hydrazine groups is 1. The number of ether oxygens (including phenoxy) is 1. The average Bonchev–Trinajstić information content (AvgIpc) is 3.00. The van der Waals surface area contributed by atoms with Crippen molar-refractivity contribution in [2.24, 2.45) is 10.7 Å². The second-order valence-electron chi connectivity index (χ2n) is 5.45. The Morgan fingerprint density at radius 2 is 2.17 bits per heavy atom. The molecule has 0 radical (unpaired) electrons. The minimum Gasteiger partial charge on any atom is -0.497 e. The van der Waals surface area contributed by atoms with Crippen molar-refractivity contribution in [1.29, 1.82) is 0 Å². The molecular formula is C15H18N6O3. The topological polar surface area (TPSA) is 118 Å². The molecule has 126 valence electrons. The van der Waals surface area contributed by atoms with Gasteiger partial charge in [0.25, 0.3) is 0 Å². The molecule has 9 heteroatoms. The van der Waals surface area contributed by atoms with Gasteiger partial charge in [-0.15, -0.1) is 0 Å². The third-order valence-corrected chi connectivity index (χ3v) is 4.05. The van der Waals surface area contributed by atoms with Crippen molar-refractivity contribution in [2.75, 3.05) is 14.2 Å². The van der Waals surface area contributed by atoms with Crippen LogP contribution in [-0.4, -0.2) is 35.6 Å². The van der Waals surface area contributed by atoms with Gasteiger partial charge in [0.15, 0.2) is 0 Å². The molecule has 1 aromatic rings. The SMILES string of the molecule is CNC1(Cc2ccc(OC)cc2)C=C(N)N=C2C([N+](=O)[O-])=CNN21. The first-order valence-corrected chi connectivity index (χ1v) is 7.29. The number of likely N-dealkylation sites (N-methyl/N-ethyl adjacent to an activating group) is 1. The van der Waals surface area contributed by atoms with Crippen LogP contribution in [0.25, 0.3) is 0 Å². The first-order chi connectivity index (χ1) is 11.5. The summed E-state index contributed by atoms with van der Waals surface area (Å²) in [6, 6.07) is 7.60. The maximum atomic E-state index is 11.2. The van der Waals surface area contributed by atoms with Crippen LogP contribution in [0.2, 0.25) is 0 Å². The second kappa shape index (κ2) is 5.85. The Morgan fingerprint density at radius 1 is 1.46 bits per heavy atom. The molecule has 0 aliphatic carbocycles. The fourth-order valence-corrected chi connectivity index (χ4v) is 2.83. The zero-order valence-electron chi connectivity index (χ0n) is 13.3. The highest BCUT2D eigenvalue weighted by atomic mass is 16.6. The molecule has 0 saturated heterocycles. The van der Waals surface area contributed by atoms with E-state index >= 15 is 0 Å². The van der Waals surface area contributed by atoms with E-state index in [0.717, 1.165) is 11.3 Å². The molecule has 1 unspecified atom stereocenters. The highest BCUT2D eigenvalue weighted by Crippen LogP contribution is 2.29. The van der Waals surface area contributed by atoms with Crippen LogP contribution < -0.4 is 21.2 Å². The number of aliphatic imine (C=N–C) groups is 1. The molecule has 0 spiro atoms. The van der Waals surface area contributed by atoms with Gasteiger partial charge in [0.05, 0.1) is 12.0 Å². The summed E-state index contributed by atoms with van der Waals surface area (Å²) in [7, 11) is 3.37. The van der Waals surface area contributed by atoms with Gasteiger partial charge in [-0.3, -0.25) is 20.9 Å². The van der Waals surface area contributed by atoms with E-state index in [1.54, 1.807) is 25.2 Å². The first-order valence-electron chi connectivity index (χ1n) is 7.29. The average molecular weight is 330 g/mol. The fourth-order valence-electron chi connectivity index (χ4n) is 2.83. The van der Waals surface area contributed by atoms with E-state index in [2.05, 4.69) is 15.7 Å². The van der Waals surface area contributed by atoms with Crippen LogP contribution in [0.5, 0.6) is 5.75 Å². The Labute approximate surface area is 138 Å². The lowest BCUT2D eigenvalue weighted by atomic mass is 9.97. The molecule has 0 amide bonds. The Kier molecular flexibility index (Phi) is 3.86. The van der Waals surface area contributed by atoms with E-state index in [1.165, 1.54) is 6.20 Å². The number of nitro groups is 1. The third kappa shape index (κ3) is 2.54. The van der Waals surface area contributed by atoms with Crippen LogP contribution in [0.3, 0.4) is 0 Å². The summed E-state index contributed by atoms with van der Waals surface area (Å²) in [5.41, 5.74) is 8.91. The molecule has 24 heavy (non-hydrogen) atoms. The van der Waals surface area contributed by atoms with Crippen molar-refractivity contribution in [2.45, 2.75) is 12.1 Å². The van der Waals surface area contributed by atoms with E-state index in [4.69, 9.17) is 10.5 Å². The lowest BCUT2D eigenvalue weighted by Crippen LogP contribution is -2.64. The molecule has 0 aromatic heterocycles. The number of methoxy groups -OCH3 is 1. The highest BCUT2D eigenvalue weighted by molar-refractivity contribution is 5.99. The first kappa shape index (κ1) is 15.8. The standard InChI is InChI=1S/C15H18N6O3/c1-17-15(7-10-3-5-11(24-2)6-4-10)8-13(16)19-14-12(21(22)23)9-18-20(14)15/h3-6,8-9,17-18H,7,16H2,1-2H3. The van der Waals surface area contributed by atoms with Crippen molar-refractivity contribution in [1.82, 2.24) is 15.8 Å². The number of nitrogens with two attached hydrogens (primary N) is 1. The summed E-state index contributed by atoms with van der Waals surface area (Å²) in [6.07, 6.45) is 3.56. The Balaban J connectivity index is 1.95. The summed E-state index contributed by atoms with van der Waals surface area (Å²) in [4.78, 5) is 14.8. The van der Waals surface area contributed by atoms with E-state index in [9.17, 15) is 10.1 Å². The molecule has 1 aromatic carbocycles. The van der Waals surface area contributed by atoms with Crippen LogP contribution >= 0.6 is 0 Å². The molecular weight excluding hydrogens is 312 g/mol. The van der Waals surface area contributed by atoms with Gasteiger partial charge in [0.2, 0.25) is 5.84 Å². The van der Waals surface area contributed by atoms with Crippen molar-refractivity contribution in [3.63, 3.8) is 0 Å². The Bertz CT molecular complexity index is 755. The monoisotopic (exact) mass is 330 g/mol. The number of amidine groups is 1. The molecule has 2 heterocycles. The van der Waals surface area contributed by atoms with Crippen molar-refractivity contribution in [3.05, 3.63) is 63.7 Å². The zero-order valence-corrected chi connectivity index (χ0v) is 13.3. The van der Waals surface area contributed by atoms with Crippen molar-refractivity contribution >= 4 is 5.84 Å². The predicted octanol–water partition coefficient (Wildman–Crippen LogP) is 0.304. The summed E-state index contributed by atoms with van der Waals surface area (Å²) >= 11 is 0. The van der Waals surface area contributed by atoms with Crippen LogP contribution in [0.4, 0.5) is 0 Å². The van der Waals surface area contributed by atoms with Gasteiger partial charge in [-0.25, -0.2) is 10.0 Å². The molecule has 2 aliphatic heterocycles. The minimum absolute atomic E-state index is 0.125. The van der Waals surface area contributed by atoms with E-state index in [-0.39, 0.29) is 17.4 Å². The number of fused-ring (bicyclic) bond motifs is 1. The molecule has 0 bridgehead atoms. The lowest BCUT2D eigenvalue weighted by Gasteiger charge is -2.42. The van der Waals surface area contributed by atoms with E-state index in [0.29, 0.717) is 6.42 Å². The summed E-state index contributed by atoms with van der Waals surface area (Å²) in [5, 5.41) is 16.0.